The summed E-state index contributed by atoms with van der Waals surface area (Å²) in [4.78, 5) is 0. The Morgan fingerprint density at radius 1 is 1.12 bits per heavy atom. The predicted molar refractivity (Wildman–Crippen MR) is 58.4 cm³/mol. The van der Waals surface area contributed by atoms with Gasteiger partial charge in [-0.1, -0.05) is 32.9 Å². The minimum Gasteiger partial charge on any atom is -0.406 e. The fourth-order valence-electron chi connectivity index (χ4n) is 0.812. The standard InChI is InChI=1S/C8H7F3O.C4H10/c1-6-3-2-4-7(5-6)12-8(9,10)11;1-4(2)3/h2-5H,1H3;4H,1-3H3. The summed E-state index contributed by atoms with van der Waals surface area (Å²) in [6.07, 6.45) is -4.60. The van der Waals surface area contributed by atoms with E-state index in [2.05, 4.69) is 25.5 Å². The number of aryl methyl sites for hydroxylation is 1. The Balaban J connectivity index is 0.000000487. The van der Waals surface area contributed by atoms with Crippen LogP contribution in [0.3, 0.4) is 0 Å². The topological polar surface area (TPSA) is 9.23 Å². The van der Waals surface area contributed by atoms with Crippen LogP contribution >= 0.6 is 0 Å². The average molecular weight is 234 g/mol. The zero-order valence-corrected chi connectivity index (χ0v) is 9.93. The third-order valence-corrected chi connectivity index (χ3v) is 1.22. The fraction of sp³-hybridized carbons (Fsp3) is 0.500. The van der Waals surface area contributed by atoms with Crippen LogP contribution in [0.5, 0.6) is 5.75 Å². The van der Waals surface area contributed by atoms with Gasteiger partial charge in [-0.25, -0.2) is 0 Å². The summed E-state index contributed by atoms with van der Waals surface area (Å²) >= 11 is 0. The Morgan fingerprint density at radius 2 is 1.62 bits per heavy atom. The molecule has 0 heterocycles. The Hall–Kier alpha value is -1.19. The molecule has 1 aromatic carbocycles. The van der Waals surface area contributed by atoms with Crippen LogP contribution in [0, 0.1) is 12.8 Å². The Morgan fingerprint density at radius 3 is 2.00 bits per heavy atom. The monoisotopic (exact) mass is 234 g/mol. The van der Waals surface area contributed by atoms with Crippen LogP contribution in [0.4, 0.5) is 13.2 Å². The molecule has 1 aromatic rings. The highest BCUT2D eigenvalue weighted by molar-refractivity contribution is 5.27. The molecule has 0 N–H and O–H groups in total. The van der Waals surface area contributed by atoms with Crippen molar-refractivity contribution in [1.82, 2.24) is 0 Å². The molecule has 1 rings (SSSR count). The highest BCUT2D eigenvalue weighted by atomic mass is 19.4. The van der Waals surface area contributed by atoms with Crippen LogP contribution in [-0.4, -0.2) is 6.36 Å². The van der Waals surface area contributed by atoms with Gasteiger partial charge in [-0.15, -0.1) is 13.2 Å². The molecule has 1 nitrogen and oxygen atoms in total. The quantitative estimate of drug-likeness (QED) is 0.692. The smallest absolute Gasteiger partial charge is 0.406 e. The molecule has 0 radical (unpaired) electrons. The van der Waals surface area contributed by atoms with Gasteiger partial charge < -0.3 is 4.74 Å². The third kappa shape index (κ3) is 9.37. The van der Waals surface area contributed by atoms with E-state index in [1.165, 1.54) is 18.2 Å². The molecule has 0 atom stereocenters. The maximum atomic E-state index is 11.7. The van der Waals surface area contributed by atoms with Crippen LogP contribution in [0.15, 0.2) is 24.3 Å². The van der Waals surface area contributed by atoms with E-state index in [1.807, 2.05) is 0 Å². The minimum absolute atomic E-state index is 0.178. The Kier molecular flexibility index (Phi) is 5.93. The van der Waals surface area contributed by atoms with Crippen molar-refractivity contribution < 1.29 is 17.9 Å². The molecule has 0 saturated heterocycles. The lowest BCUT2D eigenvalue weighted by atomic mass is 10.2. The van der Waals surface area contributed by atoms with Gasteiger partial charge >= 0.3 is 6.36 Å². The van der Waals surface area contributed by atoms with Gasteiger partial charge in [0.2, 0.25) is 0 Å². The number of benzene rings is 1. The summed E-state index contributed by atoms with van der Waals surface area (Å²) in [7, 11) is 0. The second-order valence-electron chi connectivity index (χ2n) is 4.10. The van der Waals surface area contributed by atoms with Crippen molar-refractivity contribution in [2.45, 2.75) is 34.1 Å². The number of hydrogen-bond donors (Lipinski definition) is 0. The second kappa shape index (κ2) is 6.40. The normalized spacial score (nSPS) is 10.8. The number of alkyl halides is 3. The lowest BCUT2D eigenvalue weighted by Gasteiger charge is -2.08. The molecule has 0 spiro atoms. The van der Waals surface area contributed by atoms with E-state index >= 15 is 0 Å². The van der Waals surface area contributed by atoms with E-state index in [-0.39, 0.29) is 5.75 Å². The van der Waals surface area contributed by atoms with Crippen molar-refractivity contribution in [3.05, 3.63) is 29.8 Å². The molecule has 0 aliphatic carbocycles. The Labute approximate surface area is 94.2 Å². The number of halogens is 3. The van der Waals surface area contributed by atoms with Gasteiger partial charge in [0.05, 0.1) is 0 Å². The van der Waals surface area contributed by atoms with Crippen LogP contribution < -0.4 is 4.74 Å². The van der Waals surface area contributed by atoms with E-state index in [9.17, 15) is 13.2 Å². The SMILES string of the molecule is CC(C)C.Cc1cccc(OC(F)(F)F)c1. The summed E-state index contributed by atoms with van der Waals surface area (Å²) in [5, 5.41) is 0. The fourth-order valence-corrected chi connectivity index (χ4v) is 0.812. The molecule has 4 heteroatoms. The van der Waals surface area contributed by atoms with Crippen LogP contribution in [-0.2, 0) is 0 Å². The van der Waals surface area contributed by atoms with E-state index < -0.39 is 6.36 Å². The van der Waals surface area contributed by atoms with E-state index in [1.54, 1.807) is 13.0 Å². The third-order valence-electron chi connectivity index (χ3n) is 1.22. The highest BCUT2D eigenvalue weighted by Gasteiger charge is 2.30. The Bertz CT molecular complexity index is 303. The summed E-state index contributed by atoms with van der Waals surface area (Å²) in [6.45, 7) is 8.20. The molecule has 0 aromatic heterocycles. The maximum absolute atomic E-state index is 11.7. The average Bonchev–Trinajstić information content (AvgIpc) is 1.98. The first-order valence-corrected chi connectivity index (χ1v) is 5.03. The minimum atomic E-state index is -4.60. The first kappa shape index (κ1) is 14.8. The summed E-state index contributed by atoms with van der Waals surface area (Å²) in [5.74, 6) is 0.655. The van der Waals surface area contributed by atoms with Gasteiger partial charge in [0.25, 0.3) is 0 Å². The molecule has 0 saturated carbocycles. The van der Waals surface area contributed by atoms with E-state index in [0.717, 1.165) is 11.5 Å². The zero-order chi connectivity index (χ0) is 12.8. The van der Waals surface area contributed by atoms with Crippen molar-refractivity contribution in [3.8, 4) is 5.75 Å². The number of rotatable bonds is 1. The molecule has 0 unspecified atom stereocenters. The largest absolute Gasteiger partial charge is 0.573 e. The molecule has 0 bridgehead atoms. The van der Waals surface area contributed by atoms with Crippen LogP contribution in [0.25, 0.3) is 0 Å². The van der Waals surface area contributed by atoms with Gasteiger partial charge in [0.1, 0.15) is 5.75 Å². The molecular weight excluding hydrogens is 217 g/mol. The highest BCUT2D eigenvalue weighted by Crippen LogP contribution is 2.22. The number of hydrogen-bond acceptors (Lipinski definition) is 1. The second-order valence-corrected chi connectivity index (χ2v) is 4.10. The van der Waals surface area contributed by atoms with Gasteiger partial charge in [0.15, 0.2) is 0 Å². The molecule has 0 fully saturated rings. The lowest BCUT2D eigenvalue weighted by Crippen LogP contribution is -2.17. The molecule has 0 aliphatic heterocycles. The molecule has 0 amide bonds. The van der Waals surface area contributed by atoms with Crippen LogP contribution in [0.1, 0.15) is 26.3 Å². The van der Waals surface area contributed by atoms with Crippen molar-refractivity contribution in [2.75, 3.05) is 0 Å². The van der Waals surface area contributed by atoms with Gasteiger partial charge in [-0.3, -0.25) is 0 Å². The summed E-state index contributed by atoms with van der Waals surface area (Å²) in [6, 6.07) is 5.80. The van der Waals surface area contributed by atoms with Crippen molar-refractivity contribution in [1.29, 1.82) is 0 Å². The summed E-state index contributed by atoms with van der Waals surface area (Å²) < 4.78 is 38.6. The van der Waals surface area contributed by atoms with Crippen molar-refractivity contribution in [3.63, 3.8) is 0 Å². The van der Waals surface area contributed by atoms with Gasteiger partial charge in [0, 0.05) is 0 Å². The van der Waals surface area contributed by atoms with Crippen molar-refractivity contribution in [2.24, 2.45) is 5.92 Å². The first-order valence-electron chi connectivity index (χ1n) is 5.03. The molecule has 92 valence electrons. The van der Waals surface area contributed by atoms with Gasteiger partial charge in [-0.05, 0) is 30.5 Å². The molecular formula is C12H17F3O. The summed E-state index contributed by atoms with van der Waals surface area (Å²) in [5.41, 5.74) is 0.733. The maximum Gasteiger partial charge on any atom is 0.573 e. The molecule has 16 heavy (non-hydrogen) atoms. The van der Waals surface area contributed by atoms with Crippen molar-refractivity contribution >= 4 is 0 Å². The van der Waals surface area contributed by atoms with E-state index in [4.69, 9.17) is 0 Å². The zero-order valence-electron chi connectivity index (χ0n) is 9.93. The van der Waals surface area contributed by atoms with E-state index in [0.29, 0.717) is 0 Å². The first-order chi connectivity index (χ1) is 7.20. The van der Waals surface area contributed by atoms with Gasteiger partial charge in [-0.2, -0.15) is 0 Å². The van der Waals surface area contributed by atoms with Crippen LogP contribution in [0.2, 0.25) is 0 Å². The molecule has 0 aliphatic rings. The lowest BCUT2D eigenvalue weighted by molar-refractivity contribution is -0.274. The number of ether oxygens (including phenoxy) is 1. The predicted octanol–water partition coefficient (Wildman–Crippen LogP) is 4.56.